The van der Waals surface area contributed by atoms with E-state index >= 15 is 0 Å². The number of rotatable bonds is 5. The van der Waals surface area contributed by atoms with Crippen LogP contribution in [0, 0.1) is 12.7 Å². The van der Waals surface area contributed by atoms with Crippen LogP contribution in [0.5, 0.6) is 5.75 Å². The summed E-state index contributed by atoms with van der Waals surface area (Å²) in [5.41, 5.74) is 2.41. The molecule has 128 valence electrons. The predicted molar refractivity (Wildman–Crippen MR) is 97.6 cm³/mol. The number of methoxy groups -OCH3 is 1. The predicted octanol–water partition coefficient (Wildman–Crippen LogP) is 4.45. The molecule has 0 spiro atoms. The van der Waals surface area contributed by atoms with Crippen molar-refractivity contribution >= 4 is 22.4 Å². The lowest BCUT2D eigenvalue weighted by atomic mass is 10.1. The summed E-state index contributed by atoms with van der Waals surface area (Å²) in [6.07, 6.45) is 0.105. The molecule has 0 aliphatic heterocycles. The average molecular weight is 356 g/mol. The van der Waals surface area contributed by atoms with Crippen molar-refractivity contribution in [2.45, 2.75) is 13.3 Å². The minimum Gasteiger partial charge on any atom is -0.497 e. The molecule has 1 N–H and O–H groups in total. The summed E-state index contributed by atoms with van der Waals surface area (Å²) in [5, 5.41) is 3.32. The van der Waals surface area contributed by atoms with Gasteiger partial charge >= 0.3 is 0 Å². The molecule has 25 heavy (non-hydrogen) atoms. The summed E-state index contributed by atoms with van der Waals surface area (Å²) in [5.74, 6) is 0.207. The van der Waals surface area contributed by atoms with Crippen molar-refractivity contribution in [2.24, 2.45) is 0 Å². The summed E-state index contributed by atoms with van der Waals surface area (Å²) in [6, 6.07) is 13.6. The number of aromatic nitrogens is 1. The van der Waals surface area contributed by atoms with Crippen molar-refractivity contribution in [1.29, 1.82) is 0 Å². The molecule has 0 fully saturated rings. The van der Waals surface area contributed by atoms with Gasteiger partial charge in [-0.1, -0.05) is 12.1 Å². The van der Waals surface area contributed by atoms with Crippen LogP contribution in [0.3, 0.4) is 0 Å². The molecule has 3 aromatic rings. The molecule has 4 nitrogen and oxygen atoms in total. The Labute approximate surface area is 149 Å². The van der Waals surface area contributed by atoms with Crippen LogP contribution in [0.4, 0.5) is 9.52 Å². The van der Waals surface area contributed by atoms with E-state index in [0.717, 1.165) is 21.9 Å². The summed E-state index contributed by atoms with van der Waals surface area (Å²) in [7, 11) is 1.62. The molecular weight excluding hydrogens is 339 g/mol. The van der Waals surface area contributed by atoms with E-state index in [1.807, 2.05) is 31.2 Å². The Hall–Kier alpha value is -2.73. The lowest BCUT2D eigenvalue weighted by molar-refractivity contribution is -0.115. The van der Waals surface area contributed by atoms with Crippen LogP contribution >= 0.6 is 11.3 Å². The normalized spacial score (nSPS) is 10.5. The van der Waals surface area contributed by atoms with Gasteiger partial charge < -0.3 is 10.1 Å². The fourth-order valence-electron chi connectivity index (χ4n) is 2.46. The first-order valence-corrected chi connectivity index (χ1v) is 8.53. The van der Waals surface area contributed by atoms with Crippen LogP contribution in [0.2, 0.25) is 0 Å². The minimum absolute atomic E-state index is 0.105. The molecule has 0 aliphatic rings. The van der Waals surface area contributed by atoms with Gasteiger partial charge in [-0.3, -0.25) is 4.79 Å². The molecule has 1 aromatic heterocycles. The highest BCUT2D eigenvalue weighted by Crippen LogP contribution is 2.31. The molecule has 0 aliphatic carbocycles. The topological polar surface area (TPSA) is 51.2 Å². The van der Waals surface area contributed by atoms with Gasteiger partial charge in [0.1, 0.15) is 11.6 Å². The van der Waals surface area contributed by atoms with E-state index in [9.17, 15) is 9.18 Å². The Kier molecular flexibility index (Phi) is 5.09. The molecule has 1 heterocycles. The molecule has 0 saturated carbocycles. The van der Waals surface area contributed by atoms with Crippen LogP contribution < -0.4 is 10.1 Å². The standard InChI is InChI=1S/C19H17FN2O2S/c1-12-18(14-6-8-16(24-2)9-7-14)22-19(25-12)21-17(23)11-13-4-3-5-15(20)10-13/h3-10H,11H2,1-2H3,(H,21,22,23). The smallest absolute Gasteiger partial charge is 0.230 e. The van der Waals surface area contributed by atoms with Crippen molar-refractivity contribution in [1.82, 2.24) is 4.98 Å². The zero-order chi connectivity index (χ0) is 17.8. The second-order valence-electron chi connectivity index (χ2n) is 5.51. The SMILES string of the molecule is COc1ccc(-c2nc(NC(=O)Cc3cccc(F)c3)sc2C)cc1. The van der Waals surface area contributed by atoms with Crippen LogP contribution in [0.25, 0.3) is 11.3 Å². The zero-order valence-corrected chi connectivity index (χ0v) is 14.7. The van der Waals surface area contributed by atoms with Gasteiger partial charge in [-0.15, -0.1) is 11.3 Å². The number of nitrogens with one attached hydrogen (secondary N) is 1. The van der Waals surface area contributed by atoms with Gasteiger partial charge in [0.25, 0.3) is 0 Å². The van der Waals surface area contributed by atoms with E-state index in [2.05, 4.69) is 10.3 Å². The van der Waals surface area contributed by atoms with Crippen LogP contribution in [0.15, 0.2) is 48.5 Å². The summed E-state index contributed by atoms with van der Waals surface area (Å²) < 4.78 is 18.3. The Bertz CT molecular complexity index is 891. The van der Waals surface area contributed by atoms with E-state index in [0.29, 0.717) is 10.7 Å². The summed E-state index contributed by atoms with van der Waals surface area (Å²) in [4.78, 5) is 17.7. The molecule has 0 radical (unpaired) electrons. The molecule has 0 bridgehead atoms. The molecule has 2 aromatic carbocycles. The number of ether oxygens (including phenoxy) is 1. The fraction of sp³-hybridized carbons (Fsp3) is 0.158. The molecule has 0 saturated heterocycles. The van der Waals surface area contributed by atoms with Gasteiger partial charge in [0, 0.05) is 10.4 Å². The second kappa shape index (κ2) is 7.44. The fourth-order valence-corrected chi connectivity index (χ4v) is 3.31. The van der Waals surface area contributed by atoms with Crippen LogP contribution in [-0.4, -0.2) is 18.0 Å². The first-order valence-electron chi connectivity index (χ1n) is 7.71. The molecular formula is C19H17FN2O2S. The van der Waals surface area contributed by atoms with E-state index in [-0.39, 0.29) is 18.1 Å². The zero-order valence-electron chi connectivity index (χ0n) is 13.9. The number of nitrogens with zero attached hydrogens (tertiary/aromatic N) is 1. The first kappa shape index (κ1) is 17.1. The van der Waals surface area contributed by atoms with Crippen LogP contribution in [0.1, 0.15) is 10.4 Å². The minimum atomic E-state index is -0.350. The number of thiazole rings is 1. The Morgan fingerprint density at radius 3 is 2.68 bits per heavy atom. The first-order chi connectivity index (χ1) is 12.0. The highest BCUT2D eigenvalue weighted by Gasteiger charge is 2.13. The van der Waals surface area contributed by atoms with E-state index in [1.165, 1.54) is 23.5 Å². The summed E-state index contributed by atoms with van der Waals surface area (Å²) in [6.45, 7) is 1.96. The lowest BCUT2D eigenvalue weighted by Gasteiger charge is -2.03. The lowest BCUT2D eigenvalue weighted by Crippen LogP contribution is -2.14. The highest BCUT2D eigenvalue weighted by molar-refractivity contribution is 7.16. The number of carbonyl (C=O) groups excluding carboxylic acids is 1. The van der Waals surface area contributed by atoms with Crippen molar-refractivity contribution in [3.05, 3.63) is 64.8 Å². The second-order valence-corrected chi connectivity index (χ2v) is 6.71. The van der Waals surface area contributed by atoms with Gasteiger partial charge in [-0.05, 0) is 48.9 Å². The van der Waals surface area contributed by atoms with Gasteiger partial charge in [-0.25, -0.2) is 9.37 Å². The maximum Gasteiger partial charge on any atom is 0.230 e. The van der Waals surface area contributed by atoms with Gasteiger partial charge in [0.15, 0.2) is 5.13 Å². The van der Waals surface area contributed by atoms with E-state index < -0.39 is 0 Å². The third-order valence-corrected chi connectivity index (χ3v) is 4.55. The number of halogens is 1. The third kappa shape index (κ3) is 4.22. The number of benzene rings is 2. The number of carbonyl (C=O) groups is 1. The maximum atomic E-state index is 13.2. The quantitative estimate of drug-likeness (QED) is 0.735. The van der Waals surface area contributed by atoms with E-state index in [4.69, 9.17) is 4.74 Å². The molecule has 1 amide bonds. The Morgan fingerprint density at radius 1 is 1.24 bits per heavy atom. The largest absolute Gasteiger partial charge is 0.497 e. The third-order valence-electron chi connectivity index (χ3n) is 3.66. The molecule has 6 heteroatoms. The Morgan fingerprint density at radius 2 is 2.00 bits per heavy atom. The number of amides is 1. The maximum absolute atomic E-state index is 13.2. The highest BCUT2D eigenvalue weighted by atomic mass is 32.1. The average Bonchev–Trinajstić information content (AvgIpc) is 2.95. The number of aryl methyl sites for hydroxylation is 1. The van der Waals surface area contributed by atoms with Crippen LogP contribution in [-0.2, 0) is 11.2 Å². The van der Waals surface area contributed by atoms with Gasteiger partial charge in [-0.2, -0.15) is 0 Å². The molecule has 0 atom stereocenters. The van der Waals surface area contributed by atoms with Crippen molar-refractivity contribution in [3.63, 3.8) is 0 Å². The Balaban J connectivity index is 1.72. The summed E-state index contributed by atoms with van der Waals surface area (Å²) >= 11 is 1.41. The number of hydrogen-bond acceptors (Lipinski definition) is 4. The molecule has 0 unspecified atom stereocenters. The molecule has 3 rings (SSSR count). The number of anilines is 1. The monoisotopic (exact) mass is 356 g/mol. The van der Waals surface area contributed by atoms with E-state index in [1.54, 1.807) is 19.2 Å². The van der Waals surface area contributed by atoms with Crippen molar-refractivity contribution in [2.75, 3.05) is 12.4 Å². The number of hydrogen-bond donors (Lipinski definition) is 1. The van der Waals surface area contributed by atoms with Crippen molar-refractivity contribution in [3.8, 4) is 17.0 Å². The van der Waals surface area contributed by atoms with Crippen molar-refractivity contribution < 1.29 is 13.9 Å². The van der Waals surface area contributed by atoms with Gasteiger partial charge in [0.05, 0.1) is 19.2 Å². The van der Waals surface area contributed by atoms with Gasteiger partial charge in [0.2, 0.25) is 5.91 Å².